The second-order valence-electron chi connectivity index (χ2n) is 4.11. The molecule has 2 aromatic carbocycles. The van der Waals surface area contributed by atoms with Gasteiger partial charge in [0.05, 0.1) is 5.69 Å². The Hall–Kier alpha value is -2.09. The predicted molar refractivity (Wildman–Crippen MR) is 71.3 cm³/mol. The van der Waals surface area contributed by atoms with Crippen molar-refractivity contribution >= 4 is 11.9 Å². The summed E-state index contributed by atoms with van der Waals surface area (Å²) in [6.07, 6.45) is 1.69. The summed E-state index contributed by atoms with van der Waals surface area (Å²) in [6, 6.07) is 13.3. The average molecular weight is 225 g/mol. The van der Waals surface area contributed by atoms with Crippen LogP contribution < -0.4 is 0 Å². The minimum Gasteiger partial charge on any atom is -0.507 e. The van der Waals surface area contributed by atoms with Crippen LogP contribution in [0.25, 0.3) is 0 Å². The highest BCUT2D eigenvalue weighted by Crippen LogP contribution is 2.21. The monoisotopic (exact) mass is 225 g/mol. The Bertz CT molecular complexity index is 559. The van der Waals surface area contributed by atoms with Crippen LogP contribution in [-0.2, 0) is 0 Å². The number of aryl methyl sites for hydroxylation is 2. The molecule has 0 atom stereocenters. The average Bonchev–Trinajstić information content (AvgIpc) is 2.32. The van der Waals surface area contributed by atoms with Crippen molar-refractivity contribution in [2.45, 2.75) is 13.8 Å². The lowest BCUT2D eigenvalue weighted by Crippen LogP contribution is -1.82. The molecule has 0 bridgehead atoms. The molecule has 2 aromatic rings. The molecule has 86 valence electrons. The Balaban J connectivity index is 2.32. The highest BCUT2D eigenvalue weighted by molar-refractivity contribution is 5.85. The Morgan fingerprint density at radius 1 is 1.06 bits per heavy atom. The molecule has 0 heterocycles. The van der Waals surface area contributed by atoms with Crippen LogP contribution in [0, 0.1) is 13.8 Å². The van der Waals surface area contributed by atoms with Crippen LogP contribution in [0.15, 0.2) is 47.5 Å². The lowest BCUT2D eigenvalue weighted by Gasteiger charge is -2.02. The largest absolute Gasteiger partial charge is 0.507 e. The third-order valence-electron chi connectivity index (χ3n) is 2.64. The second-order valence-corrected chi connectivity index (χ2v) is 4.11. The van der Waals surface area contributed by atoms with Gasteiger partial charge in [-0.05, 0) is 43.2 Å². The van der Waals surface area contributed by atoms with Crippen molar-refractivity contribution in [3.05, 3.63) is 59.2 Å². The number of phenolic OH excluding ortho intramolecular Hbond substituents is 1. The van der Waals surface area contributed by atoms with E-state index in [1.807, 2.05) is 38.1 Å². The summed E-state index contributed by atoms with van der Waals surface area (Å²) < 4.78 is 0. The van der Waals surface area contributed by atoms with Gasteiger partial charge in [0, 0.05) is 11.8 Å². The molecule has 0 radical (unpaired) electrons. The number of nitrogens with zero attached hydrogens (tertiary/aromatic N) is 1. The molecule has 0 unspecified atom stereocenters. The summed E-state index contributed by atoms with van der Waals surface area (Å²) in [5.74, 6) is 0.251. The Labute approximate surface area is 101 Å². The third-order valence-corrected chi connectivity index (χ3v) is 2.64. The fourth-order valence-electron chi connectivity index (χ4n) is 1.59. The summed E-state index contributed by atoms with van der Waals surface area (Å²) in [5, 5.41) is 9.62. The van der Waals surface area contributed by atoms with Gasteiger partial charge in [-0.2, -0.15) is 0 Å². The number of aromatic hydroxyl groups is 1. The summed E-state index contributed by atoms with van der Waals surface area (Å²) in [6.45, 7) is 4.06. The molecule has 1 N–H and O–H groups in total. The van der Waals surface area contributed by atoms with Gasteiger partial charge in [-0.15, -0.1) is 0 Å². The van der Waals surface area contributed by atoms with Crippen LogP contribution in [0.4, 0.5) is 5.69 Å². The van der Waals surface area contributed by atoms with E-state index in [0.29, 0.717) is 0 Å². The van der Waals surface area contributed by atoms with Crippen molar-refractivity contribution < 1.29 is 5.11 Å². The minimum absolute atomic E-state index is 0.251. The van der Waals surface area contributed by atoms with Crippen LogP contribution in [0.1, 0.15) is 16.7 Å². The molecule has 2 nitrogen and oxygen atoms in total. The van der Waals surface area contributed by atoms with Crippen LogP contribution in [-0.4, -0.2) is 11.3 Å². The molecule has 0 amide bonds. The lowest BCUT2D eigenvalue weighted by molar-refractivity contribution is 0.474. The smallest absolute Gasteiger partial charge is 0.124 e. The summed E-state index contributed by atoms with van der Waals surface area (Å²) in [7, 11) is 0. The van der Waals surface area contributed by atoms with Gasteiger partial charge in [-0.1, -0.05) is 24.3 Å². The highest BCUT2D eigenvalue weighted by Gasteiger charge is 1.98. The van der Waals surface area contributed by atoms with E-state index in [0.717, 1.165) is 16.8 Å². The second kappa shape index (κ2) is 4.83. The molecule has 2 rings (SSSR count). The standard InChI is InChI=1S/C15H15NO/c1-11-7-8-12(2)14(9-11)16-10-13-5-3-4-6-15(13)17/h3-10,17H,1-2H3. The van der Waals surface area contributed by atoms with Gasteiger partial charge in [0.1, 0.15) is 5.75 Å². The molecule has 0 spiro atoms. The van der Waals surface area contributed by atoms with Gasteiger partial charge in [0.15, 0.2) is 0 Å². The SMILES string of the molecule is Cc1ccc(C)c(N=Cc2ccccc2O)c1. The van der Waals surface area contributed by atoms with E-state index in [1.165, 1.54) is 5.56 Å². The maximum absolute atomic E-state index is 9.62. The quantitative estimate of drug-likeness (QED) is 0.775. The summed E-state index contributed by atoms with van der Waals surface area (Å²) in [5.41, 5.74) is 3.98. The molecule has 17 heavy (non-hydrogen) atoms. The first-order valence-electron chi connectivity index (χ1n) is 5.56. The van der Waals surface area contributed by atoms with E-state index in [-0.39, 0.29) is 5.75 Å². The Morgan fingerprint density at radius 3 is 2.59 bits per heavy atom. The topological polar surface area (TPSA) is 32.6 Å². The Morgan fingerprint density at radius 2 is 1.82 bits per heavy atom. The van der Waals surface area contributed by atoms with E-state index in [2.05, 4.69) is 11.1 Å². The number of aliphatic imine (C=N–C) groups is 1. The van der Waals surface area contributed by atoms with E-state index in [4.69, 9.17) is 0 Å². The zero-order valence-corrected chi connectivity index (χ0v) is 10.0. The van der Waals surface area contributed by atoms with Crippen molar-refractivity contribution in [3.8, 4) is 5.75 Å². The van der Waals surface area contributed by atoms with Crippen LogP contribution in [0.3, 0.4) is 0 Å². The van der Waals surface area contributed by atoms with Crippen LogP contribution in [0.5, 0.6) is 5.75 Å². The number of phenols is 1. The van der Waals surface area contributed by atoms with E-state index in [1.54, 1.807) is 18.3 Å². The molecule has 0 saturated heterocycles. The molecule has 0 aliphatic rings. The third kappa shape index (κ3) is 2.72. The van der Waals surface area contributed by atoms with Crippen molar-refractivity contribution in [2.24, 2.45) is 4.99 Å². The van der Waals surface area contributed by atoms with Crippen molar-refractivity contribution in [3.63, 3.8) is 0 Å². The van der Waals surface area contributed by atoms with Gasteiger partial charge in [-0.3, -0.25) is 4.99 Å². The number of hydrogen-bond donors (Lipinski definition) is 1. The molecular formula is C15H15NO. The normalized spacial score (nSPS) is 10.9. The molecule has 0 aliphatic carbocycles. The molecule has 0 aromatic heterocycles. The lowest BCUT2D eigenvalue weighted by atomic mass is 10.1. The van der Waals surface area contributed by atoms with E-state index >= 15 is 0 Å². The summed E-state index contributed by atoms with van der Waals surface area (Å²) in [4.78, 5) is 4.41. The maximum Gasteiger partial charge on any atom is 0.124 e. The fourth-order valence-corrected chi connectivity index (χ4v) is 1.59. The van der Waals surface area contributed by atoms with Gasteiger partial charge in [0.25, 0.3) is 0 Å². The molecular weight excluding hydrogens is 210 g/mol. The highest BCUT2D eigenvalue weighted by atomic mass is 16.3. The van der Waals surface area contributed by atoms with Crippen molar-refractivity contribution in [1.82, 2.24) is 0 Å². The molecule has 2 heteroatoms. The number of rotatable bonds is 2. The van der Waals surface area contributed by atoms with Gasteiger partial charge < -0.3 is 5.11 Å². The predicted octanol–water partition coefficient (Wildman–Crippen LogP) is 3.76. The first kappa shape index (κ1) is 11.4. The fraction of sp³-hybridized carbons (Fsp3) is 0.133. The molecule has 0 aliphatic heterocycles. The number of hydrogen-bond acceptors (Lipinski definition) is 2. The van der Waals surface area contributed by atoms with Crippen molar-refractivity contribution in [1.29, 1.82) is 0 Å². The number of para-hydroxylation sites is 1. The van der Waals surface area contributed by atoms with Gasteiger partial charge in [0.2, 0.25) is 0 Å². The Kier molecular flexibility index (Phi) is 3.24. The molecule has 0 saturated carbocycles. The summed E-state index contributed by atoms with van der Waals surface area (Å²) >= 11 is 0. The molecule has 0 fully saturated rings. The first-order chi connectivity index (χ1) is 8.16. The zero-order valence-electron chi connectivity index (χ0n) is 10.0. The van der Waals surface area contributed by atoms with Crippen molar-refractivity contribution in [2.75, 3.05) is 0 Å². The minimum atomic E-state index is 0.251. The van der Waals surface area contributed by atoms with Crippen LogP contribution >= 0.6 is 0 Å². The zero-order chi connectivity index (χ0) is 12.3. The first-order valence-corrected chi connectivity index (χ1v) is 5.56. The van der Waals surface area contributed by atoms with E-state index < -0.39 is 0 Å². The van der Waals surface area contributed by atoms with Gasteiger partial charge >= 0.3 is 0 Å². The van der Waals surface area contributed by atoms with E-state index in [9.17, 15) is 5.11 Å². The van der Waals surface area contributed by atoms with Gasteiger partial charge in [-0.25, -0.2) is 0 Å². The number of benzene rings is 2. The maximum atomic E-state index is 9.62. The van der Waals surface area contributed by atoms with Crippen LogP contribution in [0.2, 0.25) is 0 Å².